The van der Waals surface area contributed by atoms with Crippen LogP contribution in [0, 0.1) is 40.4 Å². The molecule has 3 saturated carbocycles. The molecule has 6 nitrogen and oxygen atoms in total. The molecule has 208 valence electrons. The third-order valence-electron chi connectivity index (χ3n) is 11.2. The third kappa shape index (κ3) is 4.52. The van der Waals surface area contributed by atoms with Crippen LogP contribution in [0.1, 0.15) is 82.5 Å². The highest BCUT2D eigenvalue weighted by atomic mass is 16.5. The van der Waals surface area contributed by atoms with Crippen molar-refractivity contribution in [1.82, 2.24) is 0 Å². The van der Waals surface area contributed by atoms with Gasteiger partial charge in [0, 0.05) is 11.8 Å². The molecule has 4 unspecified atom stereocenters. The second-order valence-electron chi connectivity index (χ2n) is 12.9. The molecule has 0 spiro atoms. The van der Waals surface area contributed by atoms with E-state index in [0.29, 0.717) is 24.8 Å². The van der Waals surface area contributed by atoms with Crippen LogP contribution in [-0.2, 0) is 14.3 Å². The lowest BCUT2D eigenvalue weighted by molar-refractivity contribution is -0.170. The summed E-state index contributed by atoms with van der Waals surface area (Å²) < 4.78 is 11.4. The van der Waals surface area contributed by atoms with Crippen molar-refractivity contribution < 1.29 is 29.3 Å². The van der Waals surface area contributed by atoms with E-state index >= 15 is 0 Å². The second kappa shape index (κ2) is 10.4. The Labute approximate surface area is 226 Å². The number of aliphatic hydroxyl groups excluding tert-OH is 2. The fourth-order valence-electron chi connectivity index (χ4n) is 9.18. The average Bonchev–Trinajstić information content (AvgIpc) is 3.27. The number of methoxy groups -OCH3 is 1. The van der Waals surface area contributed by atoms with E-state index in [1.807, 2.05) is 24.3 Å². The Morgan fingerprint density at radius 3 is 2.53 bits per heavy atom. The molecule has 4 aliphatic rings. The Hall–Kier alpha value is -2.18. The molecular formula is C32H44O6. The summed E-state index contributed by atoms with van der Waals surface area (Å²) in [6.07, 6.45) is 6.80. The van der Waals surface area contributed by atoms with Gasteiger partial charge in [-0.2, -0.15) is 0 Å². The first-order chi connectivity index (χ1) is 18.1. The number of fused-ring (bicyclic) bond motifs is 5. The molecule has 0 aromatic heterocycles. The van der Waals surface area contributed by atoms with Gasteiger partial charge in [0.2, 0.25) is 0 Å². The fourth-order valence-corrected chi connectivity index (χ4v) is 9.18. The van der Waals surface area contributed by atoms with Crippen molar-refractivity contribution in [2.75, 3.05) is 7.11 Å². The Bertz CT molecular complexity index is 1070. The molecule has 0 amide bonds. The largest absolute Gasteiger partial charge is 0.469 e. The molecule has 1 aromatic rings. The maximum atomic E-state index is 13.4. The summed E-state index contributed by atoms with van der Waals surface area (Å²) >= 11 is 0. The number of esters is 2. The summed E-state index contributed by atoms with van der Waals surface area (Å²) in [5, 5.41) is 22.0. The topological polar surface area (TPSA) is 93.1 Å². The Morgan fingerprint density at radius 2 is 1.82 bits per heavy atom. The number of ether oxygens (including phenoxy) is 2. The average molecular weight is 525 g/mol. The molecule has 38 heavy (non-hydrogen) atoms. The normalized spacial score (nSPS) is 40.7. The predicted octanol–water partition coefficient (Wildman–Crippen LogP) is 5.32. The van der Waals surface area contributed by atoms with Crippen molar-refractivity contribution in [1.29, 1.82) is 0 Å². The van der Waals surface area contributed by atoms with Gasteiger partial charge >= 0.3 is 11.9 Å². The number of hydrogen-bond acceptors (Lipinski definition) is 6. The standard InChI is InChI=1S/C32H44O6/c1-19(10-13-28(35)37-4)23-11-12-24-29-25(31(2)15-14-22(33)16-21(31)17-26(29)34)18-27(32(23,24)3)38-30(36)20-8-6-5-7-9-20/h5-9,16,19,22-27,29,33-34H,10-15,17-18H2,1-4H3/t19-,22-,23-,24?,25?,26?,27+,29?,31+,32-/m1/s1. The molecule has 3 fully saturated rings. The SMILES string of the molecule is COC(=O)CC[C@@H](C)[C@H]1CCC2C3C(O)CC4=C[C@H](O)CC[C@]4(C)C3C[C@H](OC(=O)c3ccccc3)[C@@]21C. The summed E-state index contributed by atoms with van der Waals surface area (Å²) in [5.41, 5.74) is 1.31. The molecule has 0 saturated heterocycles. The summed E-state index contributed by atoms with van der Waals surface area (Å²) in [5.74, 6) is 0.579. The summed E-state index contributed by atoms with van der Waals surface area (Å²) in [4.78, 5) is 25.4. The monoisotopic (exact) mass is 524 g/mol. The Morgan fingerprint density at radius 1 is 1.08 bits per heavy atom. The smallest absolute Gasteiger partial charge is 0.338 e. The van der Waals surface area contributed by atoms with Gasteiger partial charge in [-0.1, -0.05) is 50.6 Å². The van der Waals surface area contributed by atoms with Crippen LogP contribution in [0.4, 0.5) is 0 Å². The van der Waals surface area contributed by atoms with Gasteiger partial charge in [-0.3, -0.25) is 4.79 Å². The minimum atomic E-state index is -0.469. The molecule has 0 bridgehead atoms. The van der Waals surface area contributed by atoms with Crippen molar-refractivity contribution >= 4 is 11.9 Å². The molecular weight excluding hydrogens is 480 g/mol. The van der Waals surface area contributed by atoms with E-state index in [-0.39, 0.29) is 58.5 Å². The second-order valence-corrected chi connectivity index (χ2v) is 12.9. The van der Waals surface area contributed by atoms with Crippen LogP contribution in [0.5, 0.6) is 0 Å². The Kier molecular flexibility index (Phi) is 7.51. The Balaban J connectivity index is 1.51. The van der Waals surface area contributed by atoms with Gasteiger partial charge in [0.15, 0.2) is 0 Å². The molecule has 6 heteroatoms. The van der Waals surface area contributed by atoms with Crippen LogP contribution in [0.15, 0.2) is 42.0 Å². The zero-order valence-corrected chi connectivity index (χ0v) is 23.3. The van der Waals surface area contributed by atoms with Crippen LogP contribution in [0.25, 0.3) is 0 Å². The molecule has 0 radical (unpaired) electrons. The molecule has 0 aliphatic heterocycles. The molecule has 1 aromatic carbocycles. The zero-order chi connectivity index (χ0) is 27.2. The lowest BCUT2D eigenvalue weighted by Crippen LogP contribution is -2.61. The predicted molar refractivity (Wildman–Crippen MR) is 144 cm³/mol. The van der Waals surface area contributed by atoms with Crippen LogP contribution >= 0.6 is 0 Å². The van der Waals surface area contributed by atoms with Gasteiger partial charge in [0.25, 0.3) is 0 Å². The van der Waals surface area contributed by atoms with Gasteiger partial charge in [0.05, 0.1) is 24.9 Å². The van der Waals surface area contributed by atoms with E-state index in [0.717, 1.165) is 32.1 Å². The summed E-state index contributed by atoms with van der Waals surface area (Å²) in [6, 6.07) is 9.20. The van der Waals surface area contributed by atoms with E-state index in [4.69, 9.17) is 9.47 Å². The van der Waals surface area contributed by atoms with E-state index in [1.54, 1.807) is 12.1 Å². The maximum absolute atomic E-state index is 13.4. The van der Waals surface area contributed by atoms with E-state index in [2.05, 4.69) is 20.8 Å². The van der Waals surface area contributed by atoms with Gasteiger partial charge in [0.1, 0.15) is 6.10 Å². The van der Waals surface area contributed by atoms with Crippen LogP contribution < -0.4 is 0 Å². The van der Waals surface area contributed by atoms with Gasteiger partial charge < -0.3 is 19.7 Å². The minimum Gasteiger partial charge on any atom is -0.469 e. The molecule has 0 heterocycles. The van der Waals surface area contributed by atoms with E-state index in [9.17, 15) is 19.8 Å². The first kappa shape index (κ1) is 27.4. The van der Waals surface area contributed by atoms with Crippen LogP contribution in [0.2, 0.25) is 0 Å². The third-order valence-corrected chi connectivity index (χ3v) is 11.2. The van der Waals surface area contributed by atoms with Crippen molar-refractivity contribution in [3.05, 3.63) is 47.5 Å². The number of rotatable bonds is 6. The lowest BCUT2D eigenvalue weighted by Gasteiger charge is -2.62. The summed E-state index contributed by atoms with van der Waals surface area (Å²) in [7, 11) is 1.43. The fraction of sp³-hybridized carbons (Fsp3) is 0.688. The lowest BCUT2D eigenvalue weighted by atomic mass is 9.45. The first-order valence-corrected chi connectivity index (χ1v) is 14.5. The van der Waals surface area contributed by atoms with Gasteiger partial charge in [-0.05, 0) is 92.1 Å². The van der Waals surface area contributed by atoms with Crippen molar-refractivity contribution in [3.63, 3.8) is 0 Å². The first-order valence-electron chi connectivity index (χ1n) is 14.5. The molecule has 2 N–H and O–H groups in total. The van der Waals surface area contributed by atoms with Crippen LogP contribution in [0.3, 0.4) is 0 Å². The number of aliphatic hydroxyl groups is 2. The van der Waals surface area contributed by atoms with E-state index < -0.39 is 12.2 Å². The number of carbonyl (C=O) groups is 2. The quantitative estimate of drug-likeness (QED) is 0.386. The highest BCUT2D eigenvalue weighted by Crippen LogP contribution is 2.68. The number of carbonyl (C=O) groups excluding carboxylic acids is 2. The summed E-state index contributed by atoms with van der Waals surface area (Å²) in [6.45, 7) is 6.80. The highest BCUT2D eigenvalue weighted by Gasteiger charge is 2.66. The van der Waals surface area contributed by atoms with Crippen molar-refractivity contribution in [2.45, 2.75) is 90.4 Å². The van der Waals surface area contributed by atoms with Gasteiger partial charge in [-0.25, -0.2) is 4.79 Å². The zero-order valence-electron chi connectivity index (χ0n) is 23.3. The van der Waals surface area contributed by atoms with Crippen molar-refractivity contribution in [2.24, 2.45) is 40.4 Å². The number of hydrogen-bond donors (Lipinski definition) is 2. The van der Waals surface area contributed by atoms with E-state index in [1.165, 1.54) is 12.7 Å². The van der Waals surface area contributed by atoms with Crippen molar-refractivity contribution in [3.8, 4) is 0 Å². The molecule has 4 aliphatic carbocycles. The minimum absolute atomic E-state index is 0.115. The maximum Gasteiger partial charge on any atom is 0.338 e. The molecule has 5 rings (SSSR count). The highest BCUT2D eigenvalue weighted by molar-refractivity contribution is 5.89. The number of benzene rings is 1. The van der Waals surface area contributed by atoms with Gasteiger partial charge in [-0.15, -0.1) is 0 Å². The molecule has 10 atom stereocenters. The van der Waals surface area contributed by atoms with Crippen LogP contribution in [-0.4, -0.2) is 47.6 Å².